The highest BCUT2D eigenvalue weighted by atomic mass is 16.3. The van der Waals surface area contributed by atoms with Gasteiger partial charge in [-0.05, 0) is 33.2 Å². The van der Waals surface area contributed by atoms with Crippen molar-refractivity contribution in [3.8, 4) is 0 Å². The normalized spacial score (nSPS) is 20.1. The predicted molar refractivity (Wildman–Crippen MR) is 95.0 cm³/mol. The maximum atomic E-state index is 10.7. The molecule has 0 aromatic carbocycles. The SMILES string of the molecule is Cc1nn(CCO)c(C)c1CN1CCCC(C(O)c2nccn2C)C1. The number of rotatable bonds is 6. The van der Waals surface area contributed by atoms with E-state index in [1.807, 2.05) is 29.4 Å². The minimum atomic E-state index is -0.526. The van der Waals surface area contributed by atoms with Gasteiger partial charge in [0.1, 0.15) is 11.9 Å². The Balaban J connectivity index is 1.69. The van der Waals surface area contributed by atoms with Crippen molar-refractivity contribution >= 4 is 0 Å². The molecule has 138 valence electrons. The molecule has 2 N–H and O–H groups in total. The van der Waals surface area contributed by atoms with E-state index in [-0.39, 0.29) is 12.5 Å². The highest BCUT2D eigenvalue weighted by Crippen LogP contribution is 2.30. The maximum absolute atomic E-state index is 10.7. The van der Waals surface area contributed by atoms with Gasteiger partial charge in [-0.1, -0.05) is 0 Å². The summed E-state index contributed by atoms with van der Waals surface area (Å²) in [4.78, 5) is 6.71. The zero-order valence-corrected chi connectivity index (χ0v) is 15.4. The van der Waals surface area contributed by atoms with E-state index in [0.717, 1.165) is 49.7 Å². The van der Waals surface area contributed by atoms with Crippen LogP contribution < -0.4 is 0 Å². The summed E-state index contributed by atoms with van der Waals surface area (Å²) in [5, 5.41) is 24.4. The van der Waals surface area contributed by atoms with E-state index >= 15 is 0 Å². The highest BCUT2D eigenvalue weighted by Gasteiger charge is 2.29. The summed E-state index contributed by atoms with van der Waals surface area (Å²) in [7, 11) is 1.93. The Morgan fingerprint density at radius 3 is 2.84 bits per heavy atom. The number of aryl methyl sites for hydroxylation is 2. The Labute approximate surface area is 148 Å². The number of likely N-dealkylation sites (tertiary alicyclic amines) is 1. The highest BCUT2D eigenvalue weighted by molar-refractivity contribution is 5.24. The van der Waals surface area contributed by atoms with Crippen LogP contribution in [0.2, 0.25) is 0 Å². The van der Waals surface area contributed by atoms with Gasteiger partial charge in [-0.25, -0.2) is 4.98 Å². The van der Waals surface area contributed by atoms with Crippen LogP contribution in [0.4, 0.5) is 0 Å². The lowest BCUT2D eigenvalue weighted by Gasteiger charge is -2.35. The summed E-state index contributed by atoms with van der Waals surface area (Å²) in [5.74, 6) is 0.943. The number of imidazole rings is 1. The lowest BCUT2D eigenvalue weighted by Crippen LogP contribution is -2.38. The molecule has 7 heteroatoms. The van der Waals surface area contributed by atoms with Gasteiger partial charge in [-0.2, -0.15) is 5.10 Å². The summed E-state index contributed by atoms with van der Waals surface area (Å²) in [6, 6.07) is 0. The average molecular weight is 347 g/mol. The first-order valence-electron chi connectivity index (χ1n) is 9.02. The topological polar surface area (TPSA) is 79.3 Å². The number of aliphatic hydroxyl groups excluding tert-OH is 2. The summed E-state index contributed by atoms with van der Waals surface area (Å²) >= 11 is 0. The van der Waals surface area contributed by atoms with Crippen molar-refractivity contribution in [3.63, 3.8) is 0 Å². The lowest BCUT2D eigenvalue weighted by molar-refractivity contribution is 0.0403. The molecule has 7 nitrogen and oxygen atoms in total. The zero-order chi connectivity index (χ0) is 18.0. The second kappa shape index (κ2) is 7.68. The van der Waals surface area contributed by atoms with E-state index in [0.29, 0.717) is 6.54 Å². The van der Waals surface area contributed by atoms with Crippen LogP contribution in [0, 0.1) is 19.8 Å². The molecule has 0 bridgehead atoms. The first kappa shape index (κ1) is 18.1. The van der Waals surface area contributed by atoms with Crippen molar-refractivity contribution in [2.45, 2.75) is 45.9 Å². The molecular formula is C18H29N5O2. The lowest BCUT2D eigenvalue weighted by atomic mass is 9.91. The van der Waals surface area contributed by atoms with E-state index in [2.05, 4.69) is 21.9 Å². The van der Waals surface area contributed by atoms with Gasteiger partial charge in [0.2, 0.25) is 0 Å². The standard InChI is InChI=1S/C18H29N5O2/c1-13-16(14(2)23(20-13)9-10-24)12-22-7-4-5-15(11-22)17(25)18-19-6-8-21(18)3/h6,8,15,17,24-25H,4-5,7,9-12H2,1-3H3. The number of piperidine rings is 1. The van der Waals surface area contributed by atoms with Crippen molar-refractivity contribution < 1.29 is 10.2 Å². The molecule has 1 aliphatic rings. The molecule has 2 aromatic heterocycles. The first-order chi connectivity index (χ1) is 12.0. The Kier molecular flexibility index (Phi) is 5.56. The van der Waals surface area contributed by atoms with Crippen LogP contribution in [0.5, 0.6) is 0 Å². The third-order valence-electron chi connectivity index (χ3n) is 5.34. The molecule has 0 amide bonds. The predicted octanol–water partition coefficient (Wildman–Crippen LogP) is 1.17. The quantitative estimate of drug-likeness (QED) is 0.820. The molecule has 25 heavy (non-hydrogen) atoms. The minimum Gasteiger partial charge on any atom is -0.394 e. The van der Waals surface area contributed by atoms with E-state index < -0.39 is 6.10 Å². The van der Waals surface area contributed by atoms with Gasteiger partial charge in [0.05, 0.1) is 18.8 Å². The molecule has 1 aliphatic heterocycles. The van der Waals surface area contributed by atoms with Crippen molar-refractivity contribution in [1.29, 1.82) is 0 Å². The fourth-order valence-electron chi connectivity index (χ4n) is 3.86. The van der Waals surface area contributed by atoms with Crippen LogP contribution in [-0.4, -0.2) is 54.1 Å². The molecule has 0 radical (unpaired) electrons. The zero-order valence-electron chi connectivity index (χ0n) is 15.4. The van der Waals surface area contributed by atoms with Gasteiger partial charge >= 0.3 is 0 Å². The average Bonchev–Trinajstić information content (AvgIpc) is 3.14. The van der Waals surface area contributed by atoms with Crippen LogP contribution in [-0.2, 0) is 20.1 Å². The first-order valence-corrected chi connectivity index (χ1v) is 9.02. The molecular weight excluding hydrogens is 318 g/mol. The number of nitrogens with zero attached hydrogens (tertiary/aromatic N) is 5. The Morgan fingerprint density at radius 2 is 2.16 bits per heavy atom. The summed E-state index contributed by atoms with van der Waals surface area (Å²) < 4.78 is 3.78. The fourth-order valence-corrected chi connectivity index (χ4v) is 3.86. The molecule has 2 aromatic rings. The van der Waals surface area contributed by atoms with Gasteiger partial charge in [-0.15, -0.1) is 0 Å². The van der Waals surface area contributed by atoms with Crippen molar-refractivity contribution in [3.05, 3.63) is 35.2 Å². The number of hydrogen-bond donors (Lipinski definition) is 2. The van der Waals surface area contributed by atoms with Gasteiger partial charge in [0.25, 0.3) is 0 Å². The van der Waals surface area contributed by atoms with Crippen LogP contribution >= 0.6 is 0 Å². The molecule has 2 unspecified atom stereocenters. The largest absolute Gasteiger partial charge is 0.394 e. The van der Waals surface area contributed by atoms with Crippen molar-refractivity contribution in [1.82, 2.24) is 24.2 Å². The summed E-state index contributed by atoms with van der Waals surface area (Å²) in [5.41, 5.74) is 3.39. The number of aliphatic hydroxyl groups is 2. The van der Waals surface area contributed by atoms with E-state index in [9.17, 15) is 5.11 Å². The summed E-state index contributed by atoms with van der Waals surface area (Å²) in [6.45, 7) is 7.46. The third-order valence-corrected chi connectivity index (χ3v) is 5.34. The molecule has 1 saturated heterocycles. The van der Waals surface area contributed by atoms with Gasteiger partial charge < -0.3 is 14.8 Å². The summed E-state index contributed by atoms with van der Waals surface area (Å²) in [6.07, 6.45) is 5.19. The van der Waals surface area contributed by atoms with Gasteiger partial charge in [0, 0.05) is 49.7 Å². The Hall–Kier alpha value is -1.70. The van der Waals surface area contributed by atoms with Crippen LogP contribution in [0.15, 0.2) is 12.4 Å². The van der Waals surface area contributed by atoms with Crippen LogP contribution in [0.1, 0.15) is 41.7 Å². The van der Waals surface area contributed by atoms with Crippen molar-refractivity contribution in [2.24, 2.45) is 13.0 Å². The van der Waals surface area contributed by atoms with Crippen LogP contribution in [0.3, 0.4) is 0 Å². The molecule has 2 atom stereocenters. The molecule has 1 fully saturated rings. The van der Waals surface area contributed by atoms with Gasteiger partial charge in [-0.3, -0.25) is 9.58 Å². The second-order valence-electron chi connectivity index (χ2n) is 7.07. The van der Waals surface area contributed by atoms with Crippen LogP contribution in [0.25, 0.3) is 0 Å². The minimum absolute atomic E-state index is 0.100. The van der Waals surface area contributed by atoms with E-state index in [1.54, 1.807) is 6.20 Å². The number of aromatic nitrogens is 4. The smallest absolute Gasteiger partial charge is 0.137 e. The molecule has 0 spiro atoms. The van der Waals surface area contributed by atoms with E-state index in [1.165, 1.54) is 5.56 Å². The number of hydrogen-bond acceptors (Lipinski definition) is 5. The Bertz CT molecular complexity index is 708. The molecule has 0 aliphatic carbocycles. The molecule has 0 saturated carbocycles. The Morgan fingerprint density at radius 1 is 1.36 bits per heavy atom. The second-order valence-corrected chi connectivity index (χ2v) is 7.07. The monoisotopic (exact) mass is 347 g/mol. The molecule has 3 heterocycles. The van der Waals surface area contributed by atoms with Crippen molar-refractivity contribution in [2.75, 3.05) is 19.7 Å². The van der Waals surface area contributed by atoms with E-state index in [4.69, 9.17) is 5.11 Å². The fraction of sp³-hybridized carbons (Fsp3) is 0.667. The molecule has 3 rings (SSSR count). The van der Waals surface area contributed by atoms with Gasteiger partial charge in [0.15, 0.2) is 0 Å². The maximum Gasteiger partial charge on any atom is 0.137 e. The third kappa shape index (κ3) is 3.78.